The van der Waals surface area contributed by atoms with Gasteiger partial charge in [0.25, 0.3) is 17.6 Å². The molecule has 18 heteroatoms. The van der Waals surface area contributed by atoms with E-state index < -0.39 is 29.9 Å². The number of hydrogen-bond acceptors (Lipinski definition) is 10. The van der Waals surface area contributed by atoms with Gasteiger partial charge in [-0.25, -0.2) is 19.5 Å². The second-order valence-electron chi connectivity index (χ2n) is 8.97. The summed E-state index contributed by atoms with van der Waals surface area (Å²) in [7, 11) is 2.35. The first-order valence-corrected chi connectivity index (χ1v) is 12.2. The SMILES string of the molecule is COC(=O)N(C)NC(=O)c1cc(C#N)cc(C)c1NC(=O)c1cc(Cn2nnc(C(F)(F)F)n2)nn1-c1ncccc1C. The maximum Gasteiger partial charge on any atom is 0.455 e. The van der Waals surface area contributed by atoms with Crippen LogP contribution in [0, 0.1) is 25.2 Å². The van der Waals surface area contributed by atoms with Gasteiger partial charge in [-0.2, -0.15) is 28.3 Å². The number of nitrogens with zero attached hydrogens (tertiary/aromatic N) is 9. The molecular formula is C25H22F3N11O4. The van der Waals surface area contributed by atoms with Crippen molar-refractivity contribution in [2.75, 3.05) is 19.5 Å². The number of pyridine rings is 1. The molecule has 0 spiro atoms. The van der Waals surface area contributed by atoms with E-state index in [-0.39, 0.29) is 40.6 Å². The largest absolute Gasteiger partial charge is 0.455 e. The quantitative estimate of drug-likeness (QED) is 0.313. The van der Waals surface area contributed by atoms with Gasteiger partial charge in [-0.1, -0.05) is 6.07 Å². The Morgan fingerprint density at radius 2 is 1.86 bits per heavy atom. The van der Waals surface area contributed by atoms with Crippen LogP contribution in [0.1, 0.15) is 49.1 Å². The number of nitriles is 1. The van der Waals surface area contributed by atoms with E-state index in [0.29, 0.717) is 15.9 Å². The molecule has 0 radical (unpaired) electrons. The van der Waals surface area contributed by atoms with Crippen LogP contribution in [0.3, 0.4) is 0 Å². The lowest BCUT2D eigenvalue weighted by molar-refractivity contribution is -0.145. The van der Waals surface area contributed by atoms with Crippen LogP contribution in [-0.4, -0.2) is 72.0 Å². The highest BCUT2D eigenvalue weighted by molar-refractivity contribution is 6.09. The van der Waals surface area contributed by atoms with Crippen LogP contribution >= 0.6 is 0 Å². The molecular weight excluding hydrogens is 575 g/mol. The third kappa shape index (κ3) is 6.56. The molecule has 2 N–H and O–H groups in total. The Morgan fingerprint density at radius 1 is 1.12 bits per heavy atom. The lowest BCUT2D eigenvalue weighted by Gasteiger charge is -2.19. The first-order chi connectivity index (χ1) is 20.3. The number of benzene rings is 1. The lowest BCUT2D eigenvalue weighted by atomic mass is 10.0. The van der Waals surface area contributed by atoms with Crippen molar-refractivity contribution in [2.24, 2.45) is 0 Å². The highest BCUT2D eigenvalue weighted by Gasteiger charge is 2.37. The number of anilines is 1. The summed E-state index contributed by atoms with van der Waals surface area (Å²) < 4.78 is 44.6. The number of hydrogen-bond donors (Lipinski definition) is 2. The predicted octanol–water partition coefficient (Wildman–Crippen LogP) is 2.40. The minimum atomic E-state index is -4.80. The number of hydrazine groups is 1. The number of rotatable bonds is 6. The number of aromatic nitrogens is 7. The fourth-order valence-corrected chi connectivity index (χ4v) is 3.87. The molecule has 0 unspecified atom stereocenters. The lowest BCUT2D eigenvalue weighted by Crippen LogP contribution is -2.43. The molecule has 222 valence electrons. The van der Waals surface area contributed by atoms with Crippen LogP contribution in [0.5, 0.6) is 0 Å². The molecule has 0 atom stereocenters. The van der Waals surface area contributed by atoms with Crippen molar-refractivity contribution in [2.45, 2.75) is 26.6 Å². The Kier molecular flexibility index (Phi) is 8.36. The Balaban J connectivity index is 1.74. The van der Waals surface area contributed by atoms with Gasteiger partial charge in [0.05, 0.1) is 35.7 Å². The Morgan fingerprint density at radius 3 is 2.49 bits per heavy atom. The van der Waals surface area contributed by atoms with Crippen molar-refractivity contribution in [3.63, 3.8) is 0 Å². The standard InChI is InChI=1S/C25H22F3N11O4/c1-13-6-5-7-30-20(13)39-18(10-16(33-39)12-38-35-23(32-36-38)25(26,27)28)22(41)31-19-14(2)8-15(11-29)9-17(19)21(40)34-37(3)24(42)43-4/h5-10H,12H2,1-4H3,(H,31,41)(H,34,40). The van der Waals surface area contributed by atoms with E-state index >= 15 is 0 Å². The number of carbonyl (C=O) groups is 3. The van der Waals surface area contributed by atoms with Crippen LogP contribution in [0.25, 0.3) is 5.82 Å². The molecule has 0 saturated heterocycles. The summed E-state index contributed by atoms with van der Waals surface area (Å²) in [5, 5.41) is 26.9. The average Bonchev–Trinajstić information content (AvgIpc) is 3.61. The van der Waals surface area contributed by atoms with Gasteiger partial charge in [-0.05, 0) is 54.5 Å². The maximum atomic E-state index is 13.7. The molecule has 1 aromatic carbocycles. The molecule has 4 aromatic rings. The Hall–Kier alpha value is -5.86. The molecule has 3 amide bonds. The van der Waals surface area contributed by atoms with Crippen molar-refractivity contribution in [3.8, 4) is 11.9 Å². The van der Waals surface area contributed by atoms with Crippen molar-refractivity contribution >= 4 is 23.6 Å². The number of methoxy groups -OCH3 is 1. The molecule has 3 aromatic heterocycles. The van der Waals surface area contributed by atoms with Gasteiger partial charge in [0.15, 0.2) is 5.82 Å². The molecule has 0 aliphatic heterocycles. The first-order valence-electron chi connectivity index (χ1n) is 12.2. The fourth-order valence-electron chi connectivity index (χ4n) is 3.87. The van der Waals surface area contributed by atoms with Crippen LogP contribution in [0.2, 0.25) is 0 Å². The summed E-state index contributed by atoms with van der Waals surface area (Å²) in [6, 6.07) is 9.27. The molecule has 0 fully saturated rings. The van der Waals surface area contributed by atoms with Crippen molar-refractivity contribution < 1.29 is 32.3 Å². The minimum absolute atomic E-state index is 0.0135. The Bertz CT molecular complexity index is 1760. The zero-order chi connectivity index (χ0) is 31.5. The van der Waals surface area contributed by atoms with Gasteiger partial charge in [0, 0.05) is 13.2 Å². The van der Waals surface area contributed by atoms with Crippen LogP contribution < -0.4 is 10.7 Å². The molecule has 0 aliphatic rings. The van der Waals surface area contributed by atoms with E-state index in [1.54, 1.807) is 26.0 Å². The molecule has 43 heavy (non-hydrogen) atoms. The first kappa shape index (κ1) is 30.1. The number of amides is 3. The average molecular weight is 598 g/mol. The van der Waals surface area contributed by atoms with Crippen LogP contribution in [0.15, 0.2) is 36.5 Å². The molecule has 0 bridgehead atoms. The van der Waals surface area contributed by atoms with Crippen molar-refractivity contribution in [1.29, 1.82) is 5.26 Å². The number of carbonyl (C=O) groups excluding carboxylic acids is 3. The molecule has 4 rings (SSSR count). The molecule has 0 saturated carbocycles. The molecule has 0 aliphatic carbocycles. The summed E-state index contributed by atoms with van der Waals surface area (Å²) in [5.41, 5.74) is 3.22. The minimum Gasteiger partial charge on any atom is -0.452 e. The number of tetrazole rings is 1. The zero-order valence-electron chi connectivity index (χ0n) is 23.0. The van der Waals surface area contributed by atoms with Gasteiger partial charge >= 0.3 is 12.3 Å². The van der Waals surface area contributed by atoms with Crippen molar-refractivity contribution in [1.82, 2.24) is 45.4 Å². The summed E-state index contributed by atoms with van der Waals surface area (Å²) in [5.74, 6) is -2.81. The third-order valence-corrected chi connectivity index (χ3v) is 5.85. The smallest absolute Gasteiger partial charge is 0.452 e. The van der Waals surface area contributed by atoms with E-state index in [9.17, 15) is 32.8 Å². The van der Waals surface area contributed by atoms with Crippen LogP contribution in [-0.2, 0) is 17.5 Å². The Labute approximate surface area is 240 Å². The zero-order valence-corrected chi connectivity index (χ0v) is 23.0. The van der Waals surface area contributed by atoms with Gasteiger partial charge in [0.2, 0.25) is 0 Å². The maximum absolute atomic E-state index is 13.7. The molecule has 3 heterocycles. The topological polar surface area (TPSA) is 186 Å². The second-order valence-corrected chi connectivity index (χ2v) is 8.97. The number of halogens is 3. The predicted molar refractivity (Wildman–Crippen MR) is 139 cm³/mol. The third-order valence-electron chi connectivity index (χ3n) is 5.85. The summed E-state index contributed by atoms with van der Waals surface area (Å²) in [4.78, 5) is 43.5. The van der Waals surface area contributed by atoms with E-state index in [4.69, 9.17) is 0 Å². The second kappa shape index (κ2) is 11.9. The van der Waals surface area contributed by atoms with E-state index in [0.717, 1.165) is 12.1 Å². The van der Waals surface area contributed by atoms with Gasteiger partial charge in [0.1, 0.15) is 12.2 Å². The van der Waals surface area contributed by atoms with E-state index in [1.165, 1.54) is 36.1 Å². The number of aryl methyl sites for hydroxylation is 2. The van der Waals surface area contributed by atoms with E-state index in [2.05, 4.69) is 41.0 Å². The number of nitrogens with one attached hydrogen (secondary N) is 2. The fraction of sp³-hybridized carbons (Fsp3) is 0.240. The summed E-state index contributed by atoms with van der Waals surface area (Å²) in [6.07, 6.45) is -4.22. The van der Waals surface area contributed by atoms with Gasteiger partial charge in [-0.3, -0.25) is 15.0 Å². The van der Waals surface area contributed by atoms with Gasteiger partial charge < -0.3 is 10.1 Å². The number of ether oxygens (including phenoxy) is 1. The van der Waals surface area contributed by atoms with E-state index in [1.807, 2.05) is 6.07 Å². The van der Waals surface area contributed by atoms with Gasteiger partial charge in [-0.15, -0.1) is 10.2 Å². The van der Waals surface area contributed by atoms with Crippen molar-refractivity contribution in [3.05, 3.63) is 76.0 Å². The summed E-state index contributed by atoms with van der Waals surface area (Å²) in [6.45, 7) is 2.90. The molecule has 15 nitrogen and oxygen atoms in total. The highest BCUT2D eigenvalue weighted by atomic mass is 19.4. The summed E-state index contributed by atoms with van der Waals surface area (Å²) >= 11 is 0. The number of alkyl halides is 3. The monoisotopic (exact) mass is 597 g/mol. The highest BCUT2D eigenvalue weighted by Crippen LogP contribution is 2.26. The normalized spacial score (nSPS) is 11.0. The van der Waals surface area contributed by atoms with Crippen LogP contribution in [0.4, 0.5) is 23.7 Å².